The minimum absolute atomic E-state index is 0.0701. The summed E-state index contributed by atoms with van der Waals surface area (Å²) in [7, 11) is 3.48. The second kappa shape index (κ2) is 9.58. The SMILES string of the molecule is COCCCNC(=O)c1nn(C)c2c1CN(C(=O)c1cccc(-n3nc(C)cc3C)c1)CC2. The summed E-state index contributed by atoms with van der Waals surface area (Å²) in [6.07, 6.45) is 1.38. The monoisotopic (exact) mass is 450 g/mol. The fourth-order valence-electron chi connectivity index (χ4n) is 4.29. The lowest BCUT2D eigenvalue weighted by molar-refractivity contribution is 0.0730. The first-order valence-corrected chi connectivity index (χ1v) is 11.1. The number of carbonyl (C=O) groups excluding carboxylic acids is 2. The highest BCUT2D eigenvalue weighted by Crippen LogP contribution is 2.24. The van der Waals surface area contributed by atoms with Crippen molar-refractivity contribution in [2.45, 2.75) is 33.2 Å². The van der Waals surface area contributed by atoms with Crippen LogP contribution in [0.4, 0.5) is 0 Å². The Bertz CT molecular complexity index is 1180. The summed E-state index contributed by atoms with van der Waals surface area (Å²) in [5, 5.41) is 11.9. The first-order chi connectivity index (χ1) is 15.9. The van der Waals surface area contributed by atoms with Gasteiger partial charge in [-0.15, -0.1) is 0 Å². The van der Waals surface area contributed by atoms with Crippen molar-refractivity contribution in [1.82, 2.24) is 29.8 Å². The zero-order valence-corrected chi connectivity index (χ0v) is 19.6. The van der Waals surface area contributed by atoms with Gasteiger partial charge in [-0.3, -0.25) is 14.3 Å². The maximum Gasteiger partial charge on any atom is 0.272 e. The average molecular weight is 451 g/mol. The number of aryl methyl sites for hydroxylation is 3. The van der Waals surface area contributed by atoms with Gasteiger partial charge in [0.25, 0.3) is 11.8 Å². The van der Waals surface area contributed by atoms with Crippen LogP contribution in [0.25, 0.3) is 5.69 Å². The normalized spacial score (nSPS) is 13.2. The molecule has 0 atom stereocenters. The molecule has 0 bridgehead atoms. The van der Waals surface area contributed by atoms with Crippen LogP contribution in [0.1, 0.15) is 49.9 Å². The first-order valence-electron chi connectivity index (χ1n) is 11.1. The summed E-state index contributed by atoms with van der Waals surface area (Å²) >= 11 is 0. The van der Waals surface area contributed by atoms with Crippen molar-refractivity contribution in [3.8, 4) is 5.69 Å². The van der Waals surface area contributed by atoms with E-state index >= 15 is 0 Å². The van der Waals surface area contributed by atoms with Crippen LogP contribution >= 0.6 is 0 Å². The standard InChI is InChI=1S/C24H30N6O3/c1-16-13-17(2)30(26-16)19-8-5-7-18(14-19)24(32)29-11-9-21-20(15-29)22(27-28(21)3)23(31)25-10-6-12-33-4/h5,7-8,13-14H,6,9-12,15H2,1-4H3,(H,25,31). The van der Waals surface area contributed by atoms with Gasteiger partial charge in [0.2, 0.25) is 0 Å². The van der Waals surface area contributed by atoms with Gasteiger partial charge in [0.15, 0.2) is 5.69 Å². The molecule has 0 saturated carbocycles. The molecule has 1 N–H and O–H groups in total. The van der Waals surface area contributed by atoms with E-state index in [2.05, 4.69) is 15.5 Å². The number of nitrogens with zero attached hydrogens (tertiary/aromatic N) is 5. The number of methoxy groups -OCH3 is 1. The molecule has 0 radical (unpaired) electrons. The van der Waals surface area contributed by atoms with E-state index in [0.29, 0.717) is 43.9 Å². The number of amides is 2. The minimum Gasteiger partial charge on any atom is -0.385 e. The van der Waals surface area contributed by atoms with Crippen LogP contribution in [-0.4, -0.2) is 63.1 Å². The van der Waals surface area contributed by atoms with Crippen LogP contribution in [0.5, 0.6) is 0 Å². The Morgan fingerprint density at radius 3 is 2.73 bits per heavy atom. The highest BCUT2D eigenvalue weighted by Gasteiger charge is 2.29. The van der Waals surface area contributed by atoms with Gasteiger partial charge in [0, 0.05) is 62.8 Å². The first kappa shape index (κ1) is 22.7. The Morgan fingerprint density at radius 2 is 2.00 bits per heavy atom. The third kappa shape index (κ3) is 4.68. The number of nitrogens with one attached hydrogen (secondary N) is 1. The van der Waals surface area contributed by atoms with Crippen LogP contribution in [0.3, 0.4) is 0 Å². The van der Waals surface area contributed by atoms with Gasteiger partial charge in [-0.25, -0.2) is 4.68 Å². The topological polar surface area (TPSA) is 94.3 Å². The van der Waals surface area contributed by atoms with Crippen LogP contribution < -0.4 is 5.32 Å². The van der Waals surface area contributed by atoms with Crippen LogP contribution in [0, 0.1) is 13.8 Å². The smallest absolute Gasteiger partial charge is 0.272 e. The molecule has 1 aliphatic heterocycles. The van der Waals surface area contributed by atoms with Gasteiger partial charge in [0.05, 0.1) is 17.9 Å². The van der Waals surface area contributed by atoms with Crippen LogP contribution in [-0.2, 0) is 24.8 Å². The van der Waals surface area contributed by atoms with Crippen molar-refractivity contribution in [2.75, 3.05) is 26.8 Å². The van der Waals surface area contributed by atoms with E-state index in [-0.39, 0.29) is 11.8 Å². The summed E-state index contributed by atoms with van der Waals surface area (Å²) in [5.74, 6) is -0.289. The van der Waals surface area contributed by atoms with Crippen molar-refractivity contribution < 1.29 is 14.3 Å². The molecule has 2 amide bonds. The van der Waals surface area contributed by atoms with Gasteiger partial charge in [-0.1, -0.05) is 6.07 Å². The quantitative estimate of drug-likeness (QED) is 0.557. The zero-order valence-electron chi connectivity index (χ0n) is 19.6. The Balaban J connectivity index is 1.53. The molecule has 0 unspecified atom stereocenters. The van der Waals surface area contributed by atoms with Crippen molar-refractivity contribution >= 4 is 11.8 Å². The maximum absolute atomic E-state index is 13.4. The Hall–Kier alpha value is -3.46. The molecule has 0 saturated heterocycles. The highest BCUT2D eigenvalue weighted by molar-refractivity contribution is 5.96. The second-order valence-electron chi connectivity index (χ2n) is 8.37. The van der Waals surface area contributed by atoms with E-state index in [9.17, 15) is 9.59 Å². The minimum atomic E-state index is -0.219. The molecule has 9 heteroatoms. The fourth-order valence-corrected chi connectivity index (χ4v) is 4.29. The van der Waals surface area contributed by atoms with Gasteiger partial charge < -0.3 is 15.0 Å². The van der Waals surface area contributed by atoms with E-state index in [1.807, 2.05) is 55.9 Å². The largest absolute Gasteiger partial charge is 0.385 e. The summed E-state index contributed by atoms with van der Waals surface area (Å²) in [4.78, 5) is 27.9. The number of rotatable bonds is 7. The molecule has 4 rings (SSSR count). The Morgan fingerprint density at radius 1 is 1.18 bits per heavy atom. The molecule has 0 aliphatic carbocycles. The van der Waals surface area contributed by atoms with Crippen molar-refractivity contribution in [2.24, 2.45) is 7.05 Å². The lowest BCUT2D eigenvalue weighted by Gasteiger charge is -2.28. The Kier molecular flexibility index (Phi) is 6.60. The average Bonchev–Trinajstić information content (AvgIpc) is 3.34. The molecule has 9 nitrogen and oxygen atoms in total. The molecule has 1 aromatic carbocycles. The van der Waals surface area contributed by atoms with Crippen LogP contribution in [0.2, 0.25) is 0 Å². The van der Waals surface area contributed by atoms with E-state index < -0.39 is 0 Å². The second-order valence-corrected chi connectivity index (χ2v) is 8.37. The third-order valence-corrected chi connectivity index (χ3v) is 5.90. The summed E-state index contributed by atoms with van der Waals surface area (Å²) in [6.45, 7) is 5.96. The van der Waals surface area contributed by atoms with E-state index in [0.717, 1.165) is 34.8 Å². The molecule has 0 spiro atoms. The number of hydrogen-bond acceptors (Lipinski definition) is 5. The van der Waals surface area contributed by atoms with Gasteiger partial charge in [-0.05, 0) is 44.5 Å². The summed E-state index contributed by atoms with van der Waals surface area (Å²) in [5.41, 5.74) is 5.58. The van der Waals surface area contributed by atoms with Gasteiger partial charge in [-0.2, -0.15) is 10.2 Å². The number of aromatic nitrogens is 4. The molecule has 2 aromatic heterocycles. The van der Waals surface area contributed by atoms with E-state index in [4.69, 9.17) is 4.74 Å². The molecule has 1 aliphatic rings. The third-order valence-electron chi connectivity index (χ3n) is 5.90. The number of fused-ring (bicyclic) bond motifs is 1. The maximum atomic E-state index is 13.4. The number of hydrogen-bond donors (Lipinski definition) is 1. The van der Waals surface area contributed by atoms with Gasteiger partial charge >= 0.3 is 0 Å². The zero-order chi connectivity index (χ0) is 23.5. The molecule has 3 heterocycles. The summed E-state index contributed by atoms with van der Waals surface area (Å²) in [6, 6.07) is 9.50. The molecule has 0 fully saturated rings. The summed E-state index contributed by atoms with van der Waals surface area (Å²) < 4.78 is 8.63. The van der Waals surface area contributed by atoms with Crippen molar-refractivity contribution in [3.63, 3.8) is 0 Å². The van der Waals surface area contributed by atoms with Crippen molar-refractivity contribution in [3.05, 3.63) is 64.2 Å². The van der Waals surface area contributed by atoms with E-state index in [1.54, 1.807) is 16.7 Å². The molecule has 33 heavy (non-hydrogen) atoms. The number of benzene rings is 1. The number of ether oxygens (including phenoxy) is 1. The molecular formula is C24H30N6O3. The van der Waals surface area contributed by atoms with Crippen LogP contribution in [0.15, 0.2) is 30.3 Å². The molecule has 3 aromatic rings. The van der Waals surface area contributed by atoms with E-state index in [1.165, 1.54) is 0 Å². The lowest BCUT2D eigenvalue weighted by Crippen LogP contribution is -2.37. The predicted octanol–water partition coefficient (Wildman–Crippen LogP) is 2.19. The van der Waals surface area contributed by atoms with Gasteiger partial charge in [0.1, 0.15) is 0 Å². The predicted molar refractivity (Wildman–Crippen MR) is 124 cm³/mol. The molecular weight excluding hydrogens is 420 g/mol. The number of carbonyl (C=O) groups is 2. The highest BCUT2D eigenvalue weighted by atomic mass is 16.5. The lowest BCUT2D eigenvalue weighted by atomic mass is 10.0. The van der Waals surface area contributed by atoms with Crippen molar-refractivity contribution in [1.29, 1.82) is 0 Å². The molecule has 174 valence electrons. The Labute approximate surface area is 193 Å². The fraction of sp³-hybridized carbons (Fsp3) is 0.417.